The van der Waals surface area contributed by atoms with Crippen LogP contribution >= 0.6 is 15.9 Å². The van der Waals surface area contributed by atoms with Crippen molar-refractivity contribution in [2.24, 2.45) is 5.41 Å². The van der Waals surface area contributed by atoms with Gasteiger partial charge >= 0.3 is 0 Å². The van der Waals surface area contributed by atoms with Crippen LogP contribution in [0.15, 0.2) is 30.3 Å². The van der Waals surface area contributed by atoms with Crippen LogP contribution in [-0.2, 0) is 0 Å². The molecule has 0 heterocycles. The first-order valence-electron chi connectivity index (χ1n) is 6.08. The van der Waals surface area contributed by atoms with Gasteiger partial charge in [-0.1, -0.05) is 48.0 Å². The number of ether oxygens (including phenoxy) is 1. The molecule has 0 bridgehead atoms. The molecule has 0 aliphatic heterocycles. The number of alkyl halides is 1. The van der Waals surface area contributed by atoms with Crippen LogP contribution in [-0.4, -0.2) is 10.9 Å². The van der Waals surface area contributed by atoms with Crippen LogP contribution in [0.25, 0.3) is 0 Å². The van der Waals surface area contributed by atoms with E-state index in [1.54, 1.807) is 0 Å². The number of hydrogen-bond donors (Lipinski definition) is 0. The Bertz CT molecular complexity index is 332. The first-order chi connectivity index (χ1) is 7.73. The summed E-state index contributed by atoms with van der Waals surface area (Å²) in [5, 5.41) is 0. The summed E-state index contributed by atoms with van der Waals surface area (Å²) in [5.74, 6) is 0.998. The van der Waals surface area contributed by atoms with Crippen molar-refractivity contribution in [3.63, 3.8) is 0 Å². The number of benzene rings is 1. The minimum atomic E-state index is 0.329. The van der Waals surface area contributed by atoms with Crippen LogP contribution in [0.1, 0.15) is 33.1 Å². The normalized spacial score (nSPS) is 27.2. The predicted octanol–water partition coefficient (Wildman–Crippen LogP) is 4.41. The first kappa shape index (κ1) is 12.0. The Morgan fingerprint density at radius 1 is 1.25 bits per heavy atom. The monoisotopic (exact) mass is 282 g/mol. The Kier molecular flexibility index (Phi) is 3.58. The highest BCUT2D eigenvalue weighted by Gasteiger charge is 2.53. The molecule has 0 amide bonds. The van der Waals surface area contributed by atoms with Gasteiger partial charge < -0.3 is 4.74 Å². The van der Waals surface area contributed by atoms with E-state index in [1.807, 2.05) is 30.3 Å². The smallest absolute Gasteiger partial charge is 0.119 e. The molecule has 1 aromatic rings. The van der Waals surface area contributed by atoms with Crippen molar-refractivity contribution in [2.45, 2.75) is 44.0 Å². The van der Waals surface area contributed by atoms with E-state index in [4.69, 9.17) is 4.74 Å². The SMILES string of the molecule is CCC1(CC)C(Br)CC1Oc1ccccc1. The molecule has 1 saturated carbocycles. The molecular weight excluding hydrogens is 264 g/mol. The molecular formula is C14H19BrO. The highest BCUT2D eigenvalue weighted by Crippen LogP contribution is 2.52. The van der Waals surface area contributed by atoms with E-state index < -0.39 is 0 Å². The molecule has 88 valence electrons. The van der Waals surface area contributed by atoms with Gasteiger partial charge in [0.1, 0.15) is 11.9 Å². The zero-order valence-electron chi connectivity index (χ0n) is 9.95. The lowest BCUT2D eigenvalue weighted by atomic mass is 9.62. The third kappa shape index (κ3) is 1.88. The Labute approximate surface area is 106 Å². The van der Waals surface area contributed by atoms with Crippen molar-refractivity contribution in [2.75, 3.05) is 0 Å². The van der Waals surface area contributed by atoms with E-state index in [-0.39, 0.29) is 0 Å². The minimum Gasteiger partial charge on any atom is -0.490 e. The van der Waals surface area contributed by atoms with Crippen molar-refractivity contribution < 1.29 is 4.74 Å². The fourth-order valence-corrected chi connectivity index (χ4v) is 3.96. The quantitative estimate of drug-likeness (QED) is 0.744. The third-order valence-corrected chi connectivity index (χ3v) is 5.31. The molecule has 1 aliphatic carbocycles. The first-order valence-corrected chi connectivity index (χ1v) is 7.00. The summed E-state index contributed by atoms with van der Waals surface area (Å²) in [7, 11) is 0. The Morgan fingerprint density at radius 2 is 1.88 bits per heavy atom. The van der Waals surface area contributed by atoms with Crippen LogP contribution in [0.5, 0.6) is 5.75 Å². The van der Waals surface area contributed by atoms with Crippen LogP contribution in [0, 0.1) is 5.41 Å². The van der Waals surface area contributed by atoms with E-state index in [1.165, 1.54) is 12.8 Å². The van der Waals surface area contributed by atoms with Crippen molar-refractivity contribution in [1.29, 1.82) is 0 Å². The van der Waals surface area contributed by atoms with Gasteiger partial charge in [-0.25, -0.2) is 0 Å². The summed E-state index contributed by atoms with van der Waals surface area (Å²) >= 11 is 3.78. The van der Waals surface area contributed by atoms with Crippen LogP contribution < -0.4 is 4.74 Å². The second-order valence-electron chi connectivity index (χ2n) is 4.56. The van der Waals surface area contributed by atoms with Gasteiger partial charge in [-0.2, -0.15) is 0 Å². The lowest BCUT2D eigenvalue weighted by molar-refractivity contribution is -0.0410. The molecule has 1 aliphatic rings. The maximum Gasteiger partial charge on any atom is 0.119 e. The number of hydrogen-bond acceptors (Lipinski definition) is 1. The molecule has 1 nitrogen and oxygen atoms in total. The van der Waals surface area contributed by atoms with Gasteiger partial charge in [0, 0.05) is 10.2 Å². The Hall–Kier alpha value is -0.500. The zero-order chi connectivity index (χ0) is 11.6. The molecule has 16 heavy (non-hydrogen) atoms. The van der Waals surface area contributed by atoms with Crippen molar-refractivity contribution in [1.82, 2.24) is 0 Å². The lowest BCUT2D eigenvalue weighted by Gasteiger charge is -2.52. The van der Waals surface area contributed by atoms with Crippen LogP contribution in [0.2, 0.25) is 0 Å². The third-order valence-electron chi connectivity index (χ3n) is 4.02. The largest absolute Gasteiger partial charge is 0.490 e. The molecule has 2 heteroatoms. The predicted molar refractivity (Wildman–Crippen MR) is 71.2 cm³/mol. The number of para-hydroxylation sites is 1. The molecule has 0 saturated heterocycles. The van der Waals surface area contributed by atoms with Gasteiger partial charge in [0.15, 0.2) is 0 Å². The van der Waals surface area contributed by atoms with Crippen LogP contribution in [0.3, 0.4) is 0 Å². The molecule has 0 spiro atoms. The molecule has 2 atom stereocenters. The summed E-state index contributed by atoms with van der Waals surface area (Å²) in [6.45, 7) is 4.52. The summed E-state index contributed by atoms with van der Waals surface area (Å²) in [5.41, 5.74) is 0.329. The fraction of sp³-hybridized carbons (Fsp3) is 0.571. The fourth-order valence-electron chi connectivity index (χ4n) is 2.68. The topological polar surface area (TPSA) is 9.23 Å². The van der Waals surface area contributed by atoms with E-state index >= 15 is 0 Å². The van der Waals surface area contributed by atoms with Gasteiger partial charge in [0.25, 0.3) is 0 Å². The van der Waals surface area contributed by atoms with E-state index in [9.17, 15) is 0 Å². The van der Waals surface area contributed by atoms with Crippen molar-refractivity contribution >= 4 is 15.9 Å². The van der Waals surface area contributed by atoms with Gasteiger partial charge in [-0.05, 0) is 31.4 Å². The van der Waals surface area contributed by atoms with E-state index in [0.29, 0.717) is 16.3 Å². The second-order valence-corrected chi connectivity index (χ2v) is 5.67. The summed E-state index contributed by atoms with van der Waals surface area (Å²) in [6.07, 6.45) is 3.85. The maximum absolute atomic E-state index is 6.09. The number of rotatable bonds is 4. The molecule has 0 radical (unpaired) electrons. The zero-order valence-corrected chi connectivity index (χ0v) is 11.5. The van der Waals surface area contributed by atoms with Gasteiger partial charge in [-0.3, -0.25) is 0 Å². The number of halogens is 1. The van der Waals surface area contributed by atoms with E-state index in [2.05, 4.69) is 29.8 Å². The molecule has 2 rings (SSSR count). The average molecular weight is 283 g/mol. The minimum absolute atomic E-state index is 0.329. The van der Waals surface area contributed by atoms with Gasteiger partial charge in [-0.15, -0.1) is 0 Å². The molecule has 0 aromatic heterocycles. The molecule has 1 fully saturated rings. The Balaban J connectivity index is 2.07. The van der Waals surface area contributed by atoms with Crippen molar-refractivity contribution in [3.05, 3.63) is 30.3 Å². The van der Waals surface area contributed by atoms with Gasteiger partial charge in [0.2, 0.25) is 0 Å². The second kappa shape index (κ2) is 4.79. The standard InChI is InChI=1S/C14H19BrO/c1-3-14(4-2)12(15)10-13(14)16-11-8-6-5-7-9-11/h5-9,12-13H,3-4,10H2,1-2H3. The van der Waals surface area contributed by atoms with Gasteiger partial charge in [0.05, 0.1) is 0 Å². The summed E-state index contributed by atoms with van der Waals surface area (Å²) < 4.78 is 6.09. The Morgan fingerprint density at radius 3 is 2.38 bits per heavy atom. The molecule has 0 N–H and O–H groups in total. The van der Waals surface area contributed by atoms with Crippen molar-refractivity contribution in [3.8, 4) is 5.75 Å². The maximum atomic E-state index is 6.09. The lowest BCUT2D eigenvalue weighted by Crippen LogP contribution is -2.56. The summed E-state index contributed by atoms with van der Waals surface area (Å²) in [6, 6.07) is 10.2. The van der Waals surface area contributed by atoms with E-state index in [0.717, 1.165) is 12.2 Å². The van der Waals surface area contributed by atoms with Crippen LogP contribution in [0.4, 0.5) is 0 Å². The highest BCUT2D eigenvalue weighted by molar-refractivity contribution is 9.09. The molecule has 2 unspecified atom stereocenters. The average Bonchev–Trinajstić information content (AvgIpc) is 2.32. The summed E-state index contributed by atoms with van der Waals surface area (Å²) in [4.78, 5) is 0.615. The molecule has 1 aromatic carbocycles. The highest BCUT2D eigenvalue weighted by atomic mass is 79.9.